The van der Waals surface area contributed by atoms with Crippen LogP contribution in [0, 0.1) is 0 Å². The van der Waals surface area contributed by atoms with Crippen LogP contribution in [0.15, 0.2) is 72.0 Å². The fraction of sp³-hybridized carbons (Fsp3) is 0.0500. The number of hydrogen-bond donors (Lipinski definition) is 1. The molecule has 0 fully saturated rings. The van der Waals surface area contributed by atoms with Crippen molar-refractivity contribution in [3.8, 4) is 11.1 Å². The molecule has 0 atom stereocenters. The second kappa shape index (κ2) is 7.82. The molecule has 134 valence electrons. The maximum Gasteiger partial charge on any atom is 0.255 e. The summed E-state index contributed by atoms with van der Waals surface area (Å²) in [6, 6.07) is 17.6. The number of halogens is 1. The Bertz CT molecular complexity index is 1090. The van der Waals surface area contributed by atoms with Gasteiger partial charge in [-0.2, -0.15) is 9.50 Å². The third-order valence-corrected chi connectivity index (χ3v) is 5.00. The average Bonchev–Trinajstić information content (AvgIpc) is 3.11. The minimum atomic E-state index is 0.486. The zero-order valence-electron chi connectivity index (χ0n) is 14.3. The van der Waals surface area contributed by atoms with Crippen LogP contribution >= 0.6 is 23.4 Å². The first-order chi connectivity index (χ1) is 13.2. The quantitative estimate of drug-likeness (QED) is 0.491. The van der Waals surface area contributed by atoms with E-state index < -0.39 is 0 Å². The van der Waals surface area contributed by atoms with Gasteiger partial charge in [0.15, 0.2) is 0 Å². The molecule has 0 aliphatic rings. The van der Waals surface area contributed by atoms with Crippen molar-refractivity contribution in [1.82, 2.24) is 19.6 Å². The summed E-state index contributed by atoms with van der Waals surface area (Å²) in [5.74, 6) is 1.75. The second-order valence-corrected chi connectivity index (χ2v) is 7.22. The Balaban J connectivity index is 1.53. The Kier molecular flexibility index (Phi) is 5.09. The molecule has 0 aliphatic carbocycles. The molecule has 0 saturated carbocycles. The van der Waals surface area contributed by atoms with Crippen LogP contribution in [-0.2, 0) is 0 Å². The molecular formula is C20H16ClN5S. The molecular weight excluding hydrogens is 378 g/mol. The van der Waals surface area contributed by atoms with Crippen molar-refractivity contribution in [3.63, 3.8) is 0 Å². The number of fused-ring (bicyclic) bond motifs is 1. The minimum absolute atomic E-state index is 0.486. The normalized spacial score (nSPS) is 11.4. The molecule has 27 heavy (non-hydrogen) atoms. The van der Waals surface area contributed by atoms with Gasteiger partial charge in [-0.15, -0.1) is 5.10 Å². The Morgan fingerprint density at radius 2 is 1.85 bits per heavy atom. The fourth-order valence-corrected chi connectivity index (χ4v) is 3.37. The zero-order chi connectivity index (χ0) is 18.6. The van der Waals surface area contributed by atoms with E-state index in [4.69, 9.17) is 17.3 Å². The molecule has 0 radical (unpaired) electrons. The SMILES string of the molecule is Nc1c(-c2ccc(Cl)cc2)cnc2nc(SCC=Cc3ccccc3)nn12. The number of rotatable bonds is 5. The molecule has 7 heteroatoms. The molecule has 2 aromatic heterocycles. The van der Waals surface area contributed by atoms with Gasteiger partial charge in [0.05, 0.1) is 0 Å². The van der Waals surface area contributed by atoms with Crippen LogP contribution in [0.25, 0.3) is 23.0 Å². The molecule has 2 N–H and O–H groups in total. The predicted octanol–water partition coefficient (Wildman–Crippen LogP) is 4.83. The van der Waals surface area contributed by atoms with Crippen LogP contribution in [0.1, 0.15) is 5.56 Å². The van der Waals surface area contributed by atoms with Crippen LogP contribution in [0.5, 0.6) is 0 Å². The monoisotopic (exact) mass is 393 g/mol. The number of nitrogen functional groups attached to an aromatic ring is 1. The summed E-state index contributed by atoms with van der Waals surface area (Å²) in [6.45, 7) is 0. The lowest BCUT2D eigenvalue weighted by atomic mass is 10.1. The number of anilines is 1. The summed E-state index contributed by atoms with van der Waals surface area (Å²) in [4.78, 5) is 8.82. The summed E-state index contributed by atoms with van der Waals surface area (Å²) in [6.07, 6.45) is 5.88. The molecule has 5 nitrogen and oxygen atoms in total. The lowest BCUT2D eigenvalue weighted by molar-refractivity contribution is 0.891. The van der Waals surface area contributed by atoms with E-state index in [-0.39, 0.29) is 0 Å². The summed E-state index contributed by atoms with van der Waals surface area (Å²) < 4.78 is 1.58. The lowest BCUT2D eigenvalue weighted by Crippen LogP contribution is -2.02. The maximum absolute atomic E-state index is 6.30. The van der Waals surface area contributed by atoms with Crippen molar-refractivity contribution >= 4 is 41.0 Å². The molecule has 0 amide bonds. The van der Waals surface area contributed by atoms with E-state index in [0.29, 0.717) is 21.8 Å². The van der Waals surface area contributed by atoms with Crippen molar-refractivity contribution in [1.29, 1.82) is 0 Å². The highest BCUT2D eigenvalue weighted by Crippen LogP contribution is 2.27. The minimum Gasteiger partial charge on any atom is -0.383 e. The van der Waals surface area contributed by atoms with E-state index in [1.165, 1.54) is 17.3 Å². The number of nitrogens with zero attached hydrogens (tertiary/aromatic N) is 4. The maximum atomic E-state index is 6.30. The Hall–Kier alpha value is -2.83. The first-order valence-electron chi connectivity index (χ1n) is 8.32. The Morgan fingerprint density at radius 3 is 2.63 bits per heavy atom. The van der Waals surface area contributed by atoms with E-state index >= 15 is 0 Å². The van der Waals surface area contributed by atoms with Gasteiger partial charge in [0.1, 0.15) is 5.82 Å². The molecule has 2 aromatic carbocycles. The second-order valence-electron chi connectivity index (χ2n) is 5.79. The van der Waals surface area contributed by atoms with Crippen LogP contribution in [-0.4, -0.2) is 25.3 Å². The van der Waals surface area contributed by atoms with Gasteiger partial charge >= 0.3 is 0 Å². The first-order valence-corrected chi connectivity index (χ1v) is 9.68. The number of nitrogens with two attached hydrogens (primary N) is 1. The molecule has 4 rings (SSSR count). The first kappa shape index (κ1) is 17.6. The fourth-order valence-electron chi connectivity index (χ4n) is 2.62. The lowest BCUT2D eigenvalue weighted by Gasteiger charge is -2.06. The van der Waals surface area contributed by atoms with Gasteiger partial charge in [-0.05, 0) is 23.3 Å². The smallest absolute Gasteiger partial charge is 0.255 e. The van der Waals surface area contributed by atoms with Gasteiger partial charge in [-0.3, -0.25) is 0 Å². The molecule has 4 aromatic rings. The largest absolute Gasteiger partial charge is 0.383 e. The number of thioether (sulfide) groups is 1. The highest BCUT2D eigenvalue weighted by molar-refractivity contribution is 7.99. The summed E-state index contributed by atoms with van der Waals surface area (Å²) in [5, 5.41) is 5.80. The molecule has 0 aliphatic heterocycles. The van der Waals surface area contributed by atoms with E-state index in [0.717, 1.165) is 16.9 Å². The van der Waals surface area contributed by atoms with Crippen molar-refractivity contribution in [2.24, 2.45) is 0 Å². The summed E-state index contributed by atoms with van der Waals surface area (Å²) >= 11 is 7.49. The number of hydrogen-bond acceptors (Lipinski definition) is 5. The number of benzene rings is 2. The van der Waals surface area contributed by atoms with Crippen LogP contribution in [0.4, 0.5) is 5.82 Å². The Morgan fingerprint density at radius 1 is 1.07 bits per heavy atom. The van der Waals surface area contributed by atoms with Gasteiger partial charge in [-0.25, -0.2) is 4.98 Å². The topological polar surface area (TPSA) is 69.1 Å². The molecule has 0 saturated heterocycles. The highest BCUT2D eigenvalue weighted by Gasteiger charge is 2.12. The van der Waals surface area contributed by atoms with Crippen molar-refractivity contribution in [3.05, 3.63) is 77.5 Å². The van der Waals surface area contributed by atoms with Gasteiger partial charge < -0.3 is 5.73 Å². The van der Waals surface area contributed by atoms with Crippen molar-refractivity contribution in [2.45, 2.75) is 5.16 Å². The summed E-state index contributed by atoms with van der Waals surface area (Å²) in [5.41, 5.74) is 9.19. The van der Waals surface area contributed by atoms with E-state index in [2.05, 4.69) is 39.4 Å². The van der Waals surface area contributed by atoms with Gasteiger partial charge in [0.25, 0.3) is 5.78 Å². The molecule has 0 unspecified atom stereocenters. The number of aromatic nitrogens is 4. The van der Waals surface area contributed by atoms with Crippen LogP contribution in [0.3, 0.4) is 0 Å². The predicted molar refractivity (Wildman–Crippen MR) is 112 cm³/mol. The van der Waals surface area contributed by atoms with Crippen molar-refractivity contribution < 1.29 is 0 Å². The van der Waals surface area contributed by atoms with Crippen molar-refractivity contribution in [2.75, 3.05) is 11.5 Å². The van der Waals surface area contributed by atoms with Crippen LogP contribution in [0.2, 0.25) is 5.02 Å². The van der Waals surface area contributed by atoms with E-state index in [1.54, 1.807) is 10.7 Å². The van der Waals surface area contributed by atoms with E-state index in [9.17, 15) is 0 Å². The van der Waals surface area contributed by atoms with Gasteiger partial charge in [0, 0.05) is 22.5 Å². The molecule has 0 bridgehead atoms. The van der Waals surface area contributed by atoms with E-state index in [1.807, 2.05) is 42.5 Å². The van der Waals surface area contributed by atoms with Crippen LogP contribution < -0.4 is 5.73 Å². The summed E-state index contributed by atoms with van der Waals surface area (Å²) in [7, 11) is 0. The zero-order valence-corrected chi connectivity index (χ0v) is 15.9. The van der Waals surface area contributed by atoms with Gasteiger partial charge in [0.2, 0.25) is 5.16 Å². The Labute approximate surface area is 165 Å². The molecule has 0 spiro atoms. The molecule has 2 heterocycles. The highest BCUT2D eigenvalue weighted by atomic mass is 35.5. The standard InChI is InChI=1S/C20H16ClN5S/c21-16-10-8-15(9-11-16)17-13-23-19-24-20(25-26(19)18(17)22)27-12-4-7-14-5-2-1-3-6-14/h1-11,13H,12,22H2. The third kappa shape index (κ3) is 3.97. The average molecular weight is 394 g/mol. The van der Waals surface area contributed by atoms with Gasteiger partial charge in [-0.1, -0.05) is 78.0 Å². The third-order valence-electron chi connectivity index (χ3n) is 3.96.